The van der Waals surface area contributed by atoms with Crippen LogP contribution >= 0.6 is 0 Å². The van der Waals surface area contributed by atoms with Crippen LogP contribution in [0.3, 0.4) is 0 Å². The summed E-state index contributed by atoms with van der Waals surface area (Å²) in [6, 6.07) is -0.0146. The van der Waals surface area contributed by atoms with Crippen molar-refractivity contribution in [3.8, 4) is 0 Å². The number of nitrogens with zero attached hydrogens (tertiary/aromatic N) is 1. The van der Waals surface area contributed by atoms with Crippen LogP contribution in [0, 0.1) is 5.41 Å². The van der Waals surface area contributed by atoms with Gasteiger partial charge in [-0.15, -0.1) is 0 Å². The predicted octanol–water partition coefficient (Wildman–Crippen LogP) is 2.72. The number of carbonyl (C=O) groups excluding carboxylic acids is 1. The maximum Gasteiger partial charge on any atom is 0.316 e. The molecule has 0 fully saturated rings. The molecule has 0 radical (unpaired) electrons. The van der Waals surface area contributed by atoms with Crippen LogP contribution < -0.4 is 5.32 Å². The van der Waals surface area contributed by atoms with Crippen molar-refractivity contribution in [2.75, 3.05) is 20.6 Å². The molecule has 3 nitrogen and oxygen atoms in total. The Bertz CT molecular complexity index is 148. The summed E-state index contributed by atoms with van der Waals surface area (Å²) in [7, 11) is 3.48. The van der Waals surface area contributed by atoms with Crippen LogP contribution in [0.15, 0.2) is 0 Å². The van der Waals surface area contributed by atoms with Crippen molar-refractivity contribution in [1.29, 1.82) is 0 Å². The van der Waals surface area contributed by atoms with E-state index in [4.69, 9.17) is 0 Å². The van der Waals surface area contributed by atoms with E-state index >= 15 is 0 Å². The van der Waals surface area contributed by atoms with E-state index < -0.39 is 0 Å². The van der Waals surface area contributed by atoms with Gasteiger partial charge in [0, 0.05) is 20.6 Å². The number of rotatable bonds is 2. The second kappa shape index (κ2) is 7.65. The molecular formula is C11H26N2O. The molecule has 3 heteroatoms. The van der Waals surface area contributed by atoms with Crippen LogP contribution in [0.5, 0.6) is 0 Å². The van der Waals surface area contributed by atoms with Gasteiger partial charge in [0.15, 0.2) is 0 Å². The van der Waals surface area contributed by atoms with Gasteiger partial charge in [-0.2, -0.15) is 0 Å². The Morgan fingerprint density at radius 1 is 1.21 bits per heavy atom. The molecule has 2 amide bonds. The Labute approximate surface area is 88.9 Å². The molecule has 0 unspecified atom stereocenters. The maximum atomic E-state index is 11.0. The van der Waals surface area contributed by atoms with Gasteiger partial charge < -0.3 is 10.2 Å². The van der Waals surface area contributed by atoms with E-state index in [0.29, 0.717) is 5.41 Å². The lowest BCUT2D eigenvalue weighted by molar-refractivity contribution is 0.215. The minimum absolute atomic E-state index is 0.0146. The Kier molecular flexibility index (Phi) is 8.60. The molecule has 0 aliphatic heterocycles. The van der Waals surface area contributed by atoms with Crippen molar-refractivity contribution in [1.82, 2.24) is 10.2 Å². The summed E-state index contributed by atoms with van der Waals surface area (Å²) in [5.41, 5.74) is 0.291. The molecule has 0 saturated carbocycles. The van der Waals surface area contributed by atoms with Gasteiger partial charge in [0.05, 0.1) is 0 Å². The van der Waals surface area contributed by atoms with E-state index in [9.17, 15) is 4.79 Å². The van der Waals surface area contributed by atoms with E-state index in [1.165, 1.54) is 0 Å². The molecule has 0 aliphatic rings. The van der Waals surface area contributed by atoms with Crippen molar-refractivity contribution in [2.24, 2.45) is 5.41 Å². The fourth-order valence-electron chi connectivity index (χ4n) is 0.703. The number of hydrogen-bond acceptors (Lipinski definition) is 1. The summed E-state index contributed by atoms with van der Waals surface area (Å²) in [5.74, 6) is 0. The molecule has 0 spiro atoms. The molecular weight excluding hydrogens is 176 g/mol. The summed E-state index contributed by atoms with van der Waals surface area (Å²) in [4.78, 5) is 12.6. The normalized spacial score (nSPS) is 9.93. The van der Waals surface area contributed by atoms with Gasteiger partial charge in [-0.1, -0.05) is 34.6 Å². The van der Waals surface area contributed by atoms with Crippen LogP contribution in [-0.2, 0) is 0 Å². The van der Waals surface area contributed by atoms with Crippen molar-refractivity contribution >= 4 is 6.03 Å². The predicted molar refractivity (Wildman–Crippen MR) is 62.5 cm³/mol. The molecule has 0 rings (SSSR count). The smallest absolute Gasteiger partial charge is 0.316 e. The van der Waals surface area contributed by atoms with Gasteiger partial charge in [-0.05, 0) is 11.8 Å². The number of nitrogens with one attached hydrogen (secondary N) is 1. The van der Waals surface area contributed by atoms with E-state index in [1.54, 1.807) is 19.0 Å². The first kappa shape index (κ1) is 15.7. The Morgan fingerprint density at radius 2 is 1.64 bits per heavy atom. The monoisotopic (exact) mass is 202 g/mol. The fraction of sp³-hybridized carbons (Fsp3) is 0.909. The molecule has 0 aliphatic carbocycles. The summed E-state index contributed by atoms with van der Waals surface area (Å²) in [6.07, 6.45) is 1.01. The highest BCUT2D eigenvalue weighted by Gasteiger charge is 2.10. The summed E-state index contributed by atoms with van der Waals surface area (Å²) < 4.78 is 0. The standard InChI is InChI=1S/C9H20N2O.C2H6/c1-9(2,3)6-7-10-8(12)11(4)5;1-2/h6-7H2,1-5H3,(H,10,12);1-2H3. The molecule has 0 aromatic rings. The Balaban J connectivity index is 0. The van der Waals surface area contributed by atoms with E-state index in [1.807, 2.05) is 13.8 Å². The molecule has 86 valence electrons. The zero-order valence-corrected chi connectivity index (χ0v) is 10.8. The highest BCUT2D eigenvalue weighted by molar-refractivity contribution is 5.73. The SMILES string of the molecule is CC.CN(C)C(=O)NCCC(C)(C)C. The topological polar surface area (TPSA) is 32.3 Å². The largest absolute Gasteiger partial charge is 0.338 e. The molecule has 0 atom stereocenters. The Hall–Kier alpha value is -0.730. The average molecular weight is 202 g/mol. The Morgan fingerprint density at radius 3 is 1.93 bits per heavy atom. The van der Waals surface area contributed by atoms with Gasteiger partial charge in [0.1, 0.15) is 0 Å². The number of urea groups is 1. The van der Waals surface area contributed by atoms with Gasteiger partial charge in [0.25, 0.3) is 0 Å². The lowest BCUT2D eigenvalue weighted by Crippen LogP contribution is -2.36. The molecule has 0 aromatic heterocycles. The summed E-state index contributed by atoms with van der Waals surface area (Å²) >= 11 is 0. The van der Waals surface area contributed by atoms with Gasteiger partial charge in [-0.25, -0.2) is 4.79 Å². The van der Waals surface area contributed by atoms with Gasteiger partial charge in [0.2, 0.25) is 0 Å². The molecule has 0 saturated heterocycles. The van der Waals surface area contributed by atoms with E-state index in [-0.39, 0.29) is 6.03 Å². The van der Waals surface area contributed by atoms with Crippen molar-refractivity contribution in [2.45, 2.75) is 41.0 Å². The van der Waals surface area contributed by atoms with Gasteiger partial charge >= 0.3 is 6.03 Å². The molecule has 14 heavy (non-hydrogen) atoms. The highest BCUT2D eigenvalue weighted by Crippen LogP contribution is 2.16. The molecule has 0 aromatic carbocycles. The fourth-order valence-corrected chi connectivity index (χ4v) is 0.703. The second-order valence-corrected chi connectivity index (χ2v) is 4.44. The molecule has 0 bridgehead atoms. The lowest BCUT2D eigenvalue weighted by atomic mass is 9.92. The van der Waals surface area contributed by atoms with E-state index in [2.05, 4.69) is 26.1 Å². The average Bonchev–Trinajstić information content (AvgIpc) is 2.05. The summed E-state index contributed by atoms with van der Waals surface area (Å²) in [5, 5.41) is 2.83. The summed E-state index contributed by atoms with van der Waals surface area (Å²) in [6.45, 7) is 11.2. The first-order chi connectivity index (χ1) is 6.33. The lowest BCUT2D eigenvalue weighted by Gasteiger charge is -2.19. The van der Waals surface area contributed by atoms with Crippen LogP contribution in [0.25, 0.3) is 0 Å². The van der Waals surface area contributed by atoms with Crippen LogP contribution in [0.4, 0.5) is 4.79 Å². The number of amides is 2. The second-order valence-electron chi connectivity index (χ2n) is 4.44. The molecule has 1 N–H and O–H groups in total. The molecule has 0 heterocycles. The first-order valence-corrected chi connectivity index (χ1v) is 5.28. The third-order valence-corrected chi connectivity index (χ3v) is 1.56. The third kappa shape index (κ3) is 11.3. The van der Waals surface area contributed by atoms with Crippen LogP contribution in [-0.4, -0.2) is 31.6 Å². The zero-order valence-electron chi connectivity index (χ0n) is 10.8. The minimum Gasteiger partial charge on any atom is -0.338 e. The number of hydrogen-bond donors (Lipinski definition) is 1. The van der Waals surface area contributed by atoms with Crippen molar-refractivity contribution < 1.29 is 4.79 Å². The zero-order chi connectivity index (χ0) is 11.8. The minimum atomic E-state index is -0.0146. The quantitative estimate of drug-likeness (QED) is 0.733. The van der Waals surface area contributed by atoms with Crippen molar-refractivity contribution in [3.05, 3.63) is 0 Å². The first-order valence-electron chi connectivity index (χ1n) is 5.28. The van der Waals surface area contributed by atoms with Gasteiger partial charge in [-0.3, -0.25) is 0 Å². The van der Waals surface area contributed by atoms with Crippen LogP contribution in [0.1, 0.15) is 41.0 Å². The van der Waals surface area contributed by atoms with Crippen LogP contribution in [0.2, 0.25) is 0 Å². The highest BCUT2D eigenvalue weighted by atomic mass is 16.2. The number of carbonyl (C=O) groups is 1. The van der Waals surface area contributed by atoms with Crippen molar-refractivity contribution in [3.63, 3.8) is 0 Å². The third-order valence-electron chi connectivity index (χ3n) is 1.56. The maximum absolute atomic E-state index is 11.0. The van der Waals surface area contributed by atoms with E-state index in [0.717, 1.165) is 13.0 Å².